The Morgan fingerprint density at radius 1 is 1.36 bits per heavy atom. The third-order valence-electron chi connectivity index (χ3n) is 4.72. The lowest BCUT2D eigenvalue weighted by Gasteiger charge is -2.41. The number of para-hydroxylation sites is 2. The smallest absolute Gasteiger partial charge is 0.265 e. The van der Waals surface area contributed by atoms with E-state index < -0.39 is 0 Å². The number of ether oxygens (including phenoxy) is 1. The molecule has 136 valence electrons. The molecule has 0 saturated carbocycles. The number of β-amino-alcohol motifs (C(OH)–C–C–N with tert-alkyl or cyclic N) is 1. The van der Waals surface area contributed by atoms with Crippen LogP contribution in [0.15, 0.2) is 24.3 Å². The molecule has 2 heterocycles. The van der Waals surface area contributed by atoms with Gasteiger partial charge in [0, 0.05) is 32.2 Å². The Morgan fingerprint density at radius 3 is 2.84 bits per heavy atom. The summed E-state index contributed by atoms with van der Waals surface area (Å²) in [6, 6.07) is 7.45. The van der Waals surface area contributed by atoms with E-state index in [0.717, 1.165) is 6.54 Å². The van der Waals surface area contributed by atoms with Gasteiger partial charge >= 0.3 is 0 Å². The van der Waals surface area contributed by atoms with E-state index in [2.05, 4.69) is 11.8 Å². The number of rotatable bonds is 4. The van der Waals surface area contributed by atoms with Gasteiger partial charge in [-0.3, -0.25) is 19.4 Å². The molecule has 2 aliphatic heterocycles. The molecule has 3 rings (SSSR count). The summed E-state index contributed by atoms with van der Waals surface area (Å²) in [7, 11) is 0. The van der Waals surface area contributed by atoms with Gasteiger partial charge in [-0.1, -0.05) is 12.1 Å². The largest absolute Gasteiger partial charge is 0.482 e. The minimum Gasteiger partial charge on any atom is -0.482 e. The number of anilines is 1. The fourth-order valence-corrected chi connectivity index (χ4v) is 3.39. The maximum atomic E-state index is 12.7. The first kappa shape index (κ1) is 17.7. The van der Waals surface area contributed by atoms with E-state index in [1.54, 1.807) is 24.0 Å². The number of aliphatic hydroxyl groups is 1. The molecule has 0 radical (unpaired) electrons. The molecule has 25 heavy (non-hydrogen) atoms. The number of piperazine rings is 1. The van der Waals surface area contributed by atoms with Gasteiger partial charge in [0.2, 0.25) is 5.91 Å². The number of hydrogen-bond acceptors (Lipinski definition) is 5. The number of amides is 2. The Morgan fingerprint density at radius 2 is 2.12 bits per heavy atom. The summed E-state index contributed by atoms with van der Waals surface area (Å²) in [5.74, 6) is 0.367. The van der Waals surface area contributed by atoms with Crippen molar-refractivity contribution in [3.05, 3.63) is 24.3 Å². The van der Waals surface area contributed by atoms with Crippen molar-refractivity contribution in [3.63, 3.8) is 0 Å². The predicted octanol–water partition coefficient (Wildman–Crippen LogP) is 0.326. The van der Waals surface area contributed by atoms with Crippen LogP contribution in [-0.4, -0.2) is 78.2 Å². The van der Waals surface area contributed by atoms with Gasteiger partial charge in [0.1, 0.15) is 12.3 Å². The highest BCUT2D eigenvalue weighted by atomic mass is 16.5. The zero-order valence-corrected chi connectivity index (χ0v) is 14.7. The summed E-state index contributed by atoms with van der Waals surface area (Å²) in [6.45, 7) is 6.36. The molecule has 1 saturated heterocycles. The highest BCUT2D eigenvalue weighted by Crippen LogP contribution is 2.31. The summed E-state index contributed by atoms with van der Waals surface area (Å²) in [6.07, 6.45) is -0.382. The Balaban J connectivity index is 1.64. The molecule has 1 aromatic rings. The molecule has 2 atom stereocenters. The van der Waals surface area contributed by atoms with E-state index in [4.69, 9.17) is 4.74 Å². The highest BCUT2D eigenvalue weighted by Gasteiger charge is 2.31. The maximum absolute atomic E-state index is 12.7. The molecule has 0 bridgehead atoms. The van der Waals surface area contributed by atoms with Crippen LogP contribution in [0.3, 0.4) is 0 Å². The number of nitrogens with zero attached hydrogens (tertiary/aromatic N) is 3. The third kappa shape index (κ3) is 3.93. The van der Waals surface area contributed by atoms with Crippen molar-refractivity contribution < 1.29 is 19.4 Å². The quantitative estimate of drug-likeness (QED) is 0.850. The van der Waals surface area contributed by atoms with Crippen LogP contribution in [-0.2, 0) is 9.59 Å². The molecule has 1 fully saturated rings. The van der Waals surface area contributed by atoms with Crippen LogP contribution in [0.5, 0.6) is 5.75 Å². The van der Waals surface area contributed by atoms with Crippen molar-refractivity contribution in [2.45, 2.75) is 26.0 Å². The number of benzene rings is 1. The summed E-state index contributed by atoms with van der Waals surface area (Å²) >= 11 is 0. The van der Waals surface area contributed by atoms with Gasteiger partial charge in [0.05, 0.1) is 11.8 Å². The van der Waals surface area contributed by atoms with Crippen molar-refractivity contribution in [2.24, 2.45) is 0 Å². The number of hydrogen-bond donors (Lipinski definition) is 1. The van der Waals surface area contributed by atoms with Crippen LogP contribution in [0.4, 0.5) is 5.69 Å². The third-order valence-corrected chi connectivity index (χ3v) is 4.72. The van der Waals surface area contributed by atoms with Crippen LogP contribution in [0.2, 0.25) is 0 Å². The molecule has 2 aliphatic rings. The van der Waals surface area contributed by atoms with Gasteiger partial charge in [-0.2, -0.15) is 0 Å². The maximum Gasteiger partial charge on any atom is 0.265 e. The van der Waals surface area contributed by atoms with E-state index in [9.17, 15) is 14.7 Å². The highest BCUT2D eigenvalue weighted by molar-refractivity contribution is 6.02. The zero-order chi connectivity index (χ0) is 18.0. The normalized spacial score (nSPS) is 22.4. The molecular formula is C18H25N3O4. The molecule has 0 spiro atoms. The van der Waals surface area contributed by atoms with Crippen molar-refractivity contribution >= 4 is 17.5 Å². The van der Waals surface area contributed by atoms with Crippen molar-refractivity contribution in [1.29, 1.82) is 0 Å². The molecule has 1 N–H and O–H groups in total. The van der Waals surface area contributed by atoms with Crippen LogP contribution in [0, 0.1) is 0 Å². The van der Waals surface area contributed by atoms with Gasteiger partial charge in [-0.15, -0.1) is 0 Å². The fourth-order valence-electron chi connectivity index (χ4n) is 3.39. The number of carbonyl (C=O) groups is 2. The van der Waals surface area contributed by atoms with Crippen LogP contribution in [0.1, 0.15) is 13.8 Å². The second kappa shape index (κ2) is 7.41. The lowest BCUT2D eigenvalue weighted by atomic mass is 10.1. The first-order chi connectivity index (χ1) is 12.0. The Bertz CT molecular complexity index is 649. The lowest BCUT2D eigenvalue weighted by Crippen LogP contribution is -2.57. The first-order valence-electron chi connectivity index (χ1n) is 8.68. The molecule has 0 aromatic heterocycles. The van der Waals surface area contributed by atoms with E-state index >= 15 is 0 Å². The van der Waals surface area contributed by atoms with Gasteiger partial charge < -0.3 is 14.7 Å². The Kier molecular flexibility index (Phi) is 5.24. The van der Waals surface area contributed by atoms with Crippen molar-refractivity contribution in [1.82, 2.24) is 9.80 Å². The molecule has 0 aliphatic carbocycles. The average Bonchev–Trinajstić information content (AvgIpc) is 2.58. The monoisotopic (exact) mass is 347 g/mol. The lowest BCUT2D eigenvalue weighted by molar-refractivity contribution is -0.134. The van der Waals surface area contributed by atoms with Gasteiger partial charge in [0.15, 0.2) is 6.61 Å². The van der Waals surface area contributed by atoms with Gasteiger partial charge in [-0.25, -0.2) is 0 Å². The molecule has 7 heteroatoms. The number of fused-ring (bicyclic) bond motifs is 1. The molecule has 2 amide bonds. The zero-order valence-electron chi connectivity index (χ0n) is 14.7. The average molecular weight is 347 g/mol. The molecular weight excluding hydrogens is 322 g/mol. The number of aliphatic hydroxyl groups excluding tert-OH is 1. The summed E-state index contributed by atoms with van der Waals surface area (Å²) in [5, 5.41) is 9.56. The van der Waals surface area contributed by atoms with Crippen LogP contribution >= 0.6 is 0 Å². The van der Waals surface area contributed by atoms with Crippen molar-refractivity contribution in [3.8, 4) is 5.75 Å². The summed E-state index contributed by atoms with van der Waals surface area (Å²) in [5.41, 5.74) is 0.646. The number of carbonyl (C=O) groups excluding carboxylic acids is 2. The molecule has 7 nitrogen and oxygen atoms in total. The van der Waals surface area contributed by atoms with Gasteiger partial charge in [0.25, 0.3) is 5.91 Å². The van der Waals surface area contributed by atoms with E-state index in [0.29, 0.717) is 31.1 Å². The Hall–Kier alpha value is -2.12. The summed E-state index contributed by atoms with van der Waals surface area (Å²) in [4.78, 5) is 30.4. The SMILES string of the molecule is C[C@H](O)CN1CCN(C(=O)CN2C(=O)COc3ccccc32)C[C@@H]1C. The van der Waals surface area contributed by atoms with Gasteiger partial charge in [-0.05, 0) is 26.0 Å². The van der Waals surface area contributed by atoms with Crippen molar-refractivity contribution in [2.75, 3.05) is 44.2 Å². The predicted molar refractivity (Wildman–Crippen MR) is 93.6 cm³/mol. The fraction of sp³-hybridized carbons (Fsp3) is 0.556. The Labute approximate surface area is 147 Å². The second-order valence-electron chi connectivity index (χ2n) is 6.77. The van der Waals surface area contributed by atoms with E-state index in [1.165, 1.54) is 4.90 Å². The minimum atomic E-state index is -0.382. The van der Waals surface area contributed by atoms with Crippen LogP contribution < -0.4 is 9.64 Å². The van der Waals surface area contributed by atoms with E-state index in [-0.39, 0.29) is 37.1 Å². The summed E-state index contributed by atoms with van der Waals surface area (Å²) < 4.78 is 5.41. The van der Waals surface area contributed by atoms with E-state index in [1.807, 2.05) is 12.1 Å². The van der Waals surface area contributed by atoms with Crippen LogP contribution in [0.25, 0.3) is 0 Å². The topological polar surface area (TPSA) is 73.3 Å². The molecule has 1 aromatic carbocycles. The minimum absolute atomic E-state index is 0.0301. The second-order valence-corrected chi connectivity index (χ2v) is 6.77. The standard InChI is InChI=1S/C18H25N3O4/c1-13-9-20(8-7-19(13)10-14(2)22)17(23)11-21-15-5-3-4-6-16(15)25-12-18(21)24/h3-6,13-14,22H,7-12H2,1-2H3/t13-,14-/m0/s1. The first-order valence-corrected chi connectivity index (χ1v) is 8.68. The molecule has 0 unspecified atom stereocenters.